The van der Waals surface area contributed by atoms with Gasteiger partial charge in [0.1, 0.15) is 16.8 Å². The number of hydrogen-bond donors (Lipinski definition) is 2. The fourth-order valence-electron chi connectivity index (χ4n) is 3.91. The number of hydrogen-bond acceptors (Lipinski definition) is 6. The molecule has 1 saturated carbocycles. The maximum absolute atomic E-state index is 12.9. The molecule has 1 aromatic carbocycles. The lowest BCUT2D eigenvalue weighted by Gasteiger charge is -2.25. The van der Waals surface area contributed by atoms with E-state index in [4.69, 9.17) is 0 Å². The number of aliphatic hydroxyl groups excluding tert-OH is 1. The van der Waals surface area contributed by atoms with Crippen molar-refractivity contribution in [3.05, 3.63) is 52.9 Å². The Bertz CT molecular complexity index is 1050. The van der Waals surface area contributed by atoms with Crippen LogP contribution in [-0.2, 0) is 6.18 Å². The average molecular weight is 449 g/mol. The molecule has 1 aliphatic rings. The van der Waals surface area contributed by atoms with Gasteiger partial charge in [0, 0.05) is 18.1 Å². The van der Waals surface area contributed by atoms with E-state index in [1.54, 1.807) is 6.20 Å². The van der Waals surface area contributed by atoms with Crippen LogP contribution in [0.2, 0.25) is 0 Å². The first-order chi connectivity index (χ1) is 14.8. The second-order valence-corrected chi connectivity index (χ2v) is 8.94. The van der Waals surface area contributed by atoms with E-state index in [0.717, 1.165) is 54.0 Å². The normalized spacial score (nSPS) is 16.3. The van der Waals surface area contributed by atoms with Crippen LogP contribution in [0.15, 0.2) is 36.7 Å². The minimum absolute atomic E-state index is 0.121. The summed E-state index contributed by atoms with van der Waals surface area (Å²) in [4.78, 5) is 12.8. The fraction of sp³-hybridized carbons (Fsp3) is 0.409. The molecule has 1 fully saturated rings. The van der Waals surface area contributed by atoms with Crippen LogP contribution < -0.4 is 5.32 Å². The first-order valence-corrected chi connectivity index (χ1v) is 11.0. The highest BCUT2D eigenvalue weighted by molar-refractivity contribution is 7.15. The van der Waals surface area contributed by atoms with Crippen LogP contribution in [0.1, 0.15) is 54.5 Å². The molecule has 5 nitrogen and oxygen atoms in total. The zero-order valence-corrected chi connectivity index (χ0v) is 17.8. The minimum Gasteiger partial charge on any atom is -0.386 e. The van der Waals surface area contributed by atoms with E-state index in [1.165, 1.54) is 17.8 Å². The molecule has 2 N–H and O–H groups in total. The number of aliphatic hydroxyl groups is 1. The number of halogens is 3. The zero-order valence-electron chi connectivity index (χ0n) is 17.0. The number of aryl methyl sites for hydroxylation is 1. The van der Waals surface area contributed by atoms with Crippen LogP contribution in [0.25, 0.3) is 10.4 Å². The van der Waals surface area contributed by atoms with Gasteiger partial charge < -0.3 is 10.4 Å². The highest BCUT2D eigenvalue weighted by Gasteiger charge is 2.32. The lowest BCUT2D eigenvalue weighted by molar-refractivity contribution is -0.141. The number of aromatic nitrogens is 3. The van der Waals surface area contributed by atoms with Gasteiger partial charge in [-0.3, -0.25) is 0 Å². The largest absolute Gasteiger partial charge is 0.433 e. The standard InChI is InChI=1S/C22H23F3N4OS/c1-13-9-15(17-12-27-20(31-17)19(30)14-5-3-2-4-6-14)11-16(10-13)28-21-26-8-7-18(29-21)22(23,24)25/h7-12,14,19,30H,2-6H2,1H3,(H,26,28,29). The molecule has 2 heterocycles. The van der Waals surface area contributed by atoms with E-state index in [1.807, 2.05) is 25.1 Å². The quantitative estimate of drug-likeness (QED) is 0.480. The first kappa shape index (κ1) is 21.7. The Hall–Kier alpha value is -2.52. The third kappa shape index (κ3) is 5.22. The third-order valence-electron chi connectivity index (χ3n) is 5.44. The van der Waals surface area contributed by atoms with Crippen LogP contribution >= 0.6 is 11.3 Å². The van der Waals surface area contributed by atoms with Crippen molar-refractivity contribution in [1.29, 1.82) is 0 Å². The van der Waals surface area contributed by atoms with Gasteiger partial charge in [0.05, 0.1) is 4.88 Å². The van der Waals surface area contributed by atoms with Crippen LogP contribution in [0.5, 0.6) is 0 Å². The Morgan fingerprint density at radius 3 is 2.65 bits per heavy atom. The SMILES string of the molecule is Cc1cc(Nc2nccc(C(F)(F)F)n2)cc(-c2cnc(C(O)C3CCCCC3)s2)c1. The summed E-state index contributed by atoms with van der Waals surface area (Å²) >= 11 is 1.45. The summed E-state index contributed by atoms with van der Waals surface area (Å²) < 4.78 is 38.7. The Kier molecular flexibility index (Phi) is 6.24. The molecule has 2 aromatic heterocycles. The van der Waals surface area contributed by atoms with Crippen LogP contribution in [-0.4, -0.2) is 20.1 Å². The molecule has 3 aromatic rings. The first-order valence-electron chi connectivity index (χ1n) is 10.2. The number of benzene rings is 1. The Morgan fingerprint density at radius 1 is 1.13 bits per heavy atom. The minimum atomic E-state index is -4.53. The van der Waals surface area contributed by atoms with Gasteiger partial charge in [-0.1, -0.05) is 25.3 Å². The lowest BCUT2D eigenvalue weighted by Crippen LogP contribution is -2.15. The van der Waals surface area contributed by atoms with E-state index in [-0.39, 0.29) is 11.9 Å². The summed E-state index contributed by atoms with van der Waals surface area (Å²) in [5.41, 5.74) is 1.38. The average Bonchev–Trinajstić information content (AvgIpc) is 3.23. The van der Waals surface area contributed by atoms with Gasteiger partial charge in [0.25, 0.3) is 0 Å². The molecule has 0 radical (unpaired) electrons. The van der Waals surface area contributed by atoms with Crippen molar-refractivity contribution in [2.75, 3.05) is 5.32 Å². The molecule has 4 rings (SSSR count). The second-order valence-electron chi connectivity index (χ2n) is 7.88. The van der Waals surface area contributed by atoms with Crippen LogP contribution in [0.3, 0.4) is 0 Å². The van der Waals surface area contributed by atoms with Gasteiger partial charge in [-0.2, -0.15) is 13.2 Å². The van der Waals surface area contributed by atoms with Gasteiger partial charge in [0.15, 0.2) is 0 Å². The highest BCUT2D eigenvalue weighted by atomic mass is 32.1. The highest BCUT2D eigenvalue weighted by Crippen LogP contribution is 2.38. The van der Waals surface area contributed by atoms with Crippen molar-refractivity contribution in [2.45, 2.75) is 51.3 Å². The van der Waals surface area contributed by atoms with Gasteiger partial charge >= 0.3 is 6.18 Å². The molecule has 164 valence electrons. The predicted molar refractivity (Wildman–Crippen MR) is 114 cm³/mol. The van der Waals surface area contributed by atoms with Crippen molar-refractivity contribution < 1.29 is 18.3 Å². The van der Waals surface area contributed by atoms with Gasteiger partial charge in [-0.15, -0.1) is 11.3 Å². The van der Waals surface area contributed by atoms with Gasteiger partial charge in [-0.05, 0) is 55.0 Å². The summed E-state index contributed by atoms with van der Waals surface area (Å²) in [5.74, 6) is 0.129. The van der Waals surface area contributed by atoms with Gasteiger partial charge in [-0.25, -0.2) is 15.0 Å². The topological polar surface area (TPSA) is 70.9 Å². The Balaban J connectivity index is 1.55. The monoisotopic (exact) mass is 448 g/mol. The molecule has 0 spiro atoms. The summed E-state index contributed by atoms with van der Waals surface area (Å²) in [7, 11) is 0. The molecular formula is C22H23F3N4OS. The number of alkyl halides is 3. The molecule has 0 saturated heterocycles. The van der Waals surface area contributed by atoms with Crippen molar-refractivity contribution in [1.82, 2.24) is 15.0 Å². The summed E-state index contributed by atoms with van der Waals surface area (Å²) in [6, 6.07) is 6.44. The maximum Gasteiger partial charge on any atom is 0.433 e. The molecular weight excluding hydrogens is 425 g/mol. The number of thiazole rings is 1. The van der Waals surface area contributed by atoms with Crippen molar-refractivity contribution >= 4 is 23.0 Å². The number of anilines is 2. The van der Waals surface area contributed by atoms with Crippen molar-refractivity contribution in [3.63, 3.8) is 0 Å². The molecule has 0 bridgehead atoms. The van der Waals surface area contributed by atoms with Crippen molar-refractivity contribution in [3.8, 4) is 10.4 Å². The van der Waals surface area contributed by atoms with Gasteiger partial charge in [0.2, 0.25) is 5.95 Å². The summed E-state index contributed by atoms with van der Waals surface area (Å²) in [5, 5.41) is 14.3. The Labute approximate surface area is 182 Å². The summed E-state index contributed by atoms with van der Waals surface area (Å²) in [6.07, 6.45) is 3.28. The molecule has 9 heteroatoms. The second kappa shape index (κ2) is 8.92. The van der Waals surface area contributed by atoms with E-state index in [0.29, 0.717) is 10.7 Å². The molecule has 1 unspecified atom stereocenters. The zero-order chi connectivity index (χ0) is 22.0. The lowest BCUT2D eigenvalue weighted by atomic mass is 9.85. The fourth-order valence-corrected chi connectivity index (χ4v) is 4.90. The maximum atomic E-state index is 12.9. The van der Waals surface area contributed by atoms with Crippen molar-refractivity contribution in [2.24, 2.45) is 5.92 Å². The number of nitrogens with one attached hydrogen (secondary N) is 1. The smallest absolute Gasteiger partial charge is 0.386 e. The molecule has 0 aliphatic heterocycles. The summed E-state index contributed by atoms with van der Waals surface area (Å²) in [6.45, 7) is 1.90. The Morgan fingerprint density at radius 2 is 1.90 bits per heavy atom. The third-order valence-corrected chi connectivity index (χ3v) is 6.55. The number of nitrogens with zero attached hydrogens (tertiary/aromatic N) is 3. The van der Waals surface area contributed by atoms with E-state index in [9.17, 15) is 18.3 Å². The molecule has 1 atom stereocenters. The molecule has 31 heavy (non-hydrogen) atoms. The predicted octanol–water partition coefficient (Wildman–Crippen LogP) is 6.28. The van der Waals surface area contributed by atoms with Crippen LogP contribution in [0.4, 0.5) is 24.8 Å². The number of rotatable bonds is 5. The molecule has 1 aliphatic carbocycles. The van der Waals surface area contributed by atoms with E-state index >= 15 is 0 Å². The molecule has 0 amide bonds. The van der Waals surface area contributed by atoms with E-state index in [2.05, 4.69) is 20.3 Å². The van der Waals surface area contributed by atoms with Crippen LogP contribution in [0, 0.1) is 12.8 Å². The van der Waals surface area contributed by atoms with E-state index < -0.39 is 18.0 Å².